The number of fused-ring (bicyclic) bond motifs is 1. The van der Waals surface area contributed by atoms with Crippen LogP contribution in [0, 0.1) is 0 Å². The van der Waals surface area contributed by atoms with Gasteiger partial charge in [0, 0.05) is 24.0 Å². The second kappa shape index (κ2) is 4.50. The number of benzene rings is 1. The van der Waals surface area contributed by atoms with E-state index in [2.05, 4.69) is 21.2 Å². The highest BCUT2D eigenvalue weighted by Gasteiger charge is 2.12. The highest BCUT2D eigenvalue weighted by Crippen LogP contribution is 2.25. The molecule has 4 heteroatoms. The van der Waals surface area contributed by atoms with E-state index in [1.54, 1.807) is 12.4 Å². The first-order valence-corrected chi connectivity index (χ1v) is 5.71. The molecule has 0 amide bonds. The fraction of sp³-hybridized carbons (Fsp3) is 0.0714. The van der Waals surface area contributed by atoms with Crippen LogP contribution in [0.15, 0.2) is 55.1 Å². The van der Waals surface area contributed by atoms with Crippen LogP contribution in [0.3, 0.4) is 0 Å². The van der Waals surface area contributed by atoms with E-state index in [0.717, 1.165) is 21.9 Å². The molecule has 1 aromatic carbocycles. The Hall–Kier alpha value is -2.33. The average Bonchev–Trinajstić information content (AvgIpc) is 2.47. The Morgan fingerprint density at radius 3 is 2.67 bits per heavy atom. The van der Waals surface area contributed by atoms with Gasteiger partial charge >= 0.3 is 0 Å². The zero-order valence-corrected chi connectivity index (χ0v) is 9.69. The monoisotopic (exact) mass is 236 g/mol. The van der Waals surface area contributed by atoms with Crippen LogP contribution in [-0.2, 0) is 0 Å². The van der Waals surface area contributed by atoms with Gasteiger partial charge in [0.1, 0.15) is 0 Å². The number of aromatic nitrogens is 3. The summed E-state index contributed by atoms with van der Waals surface area (Å²) in [5.41, 5.74) is 8.21. The summed E-state index contributed by atoms with van der Waals surface area (Å²) < 4.78 is 0. The molecule has 1 unspecified atom stereocenters. The predicted octanol–water partition coefficient (Wildman–Crippen LogP) is 2.07. The third-order valence-corrected chi connectivity index (χ3v) is 3.00. The van der Waals surface area contributed by atoms with Crippen LogP contribution in [0.1, 0.15) is 17.2 Å². The fourth-order valence-electron chi connectivity index (χ4n) is 2.05. The van der Waals surface area contributed by atoms with Crippen LogP contribution >= 0.6 is 0 Å². The zero-order valence-electron chi connectivity index (χ0n) is 9.69. The van der Waals surface area contributed by atoms with Crippen LogP contribution in [0.5, 0.6) is 0 Å². The van der Waals surface area contributed by atoms with Gasteiger partial charge < -0.3 is 5.73 Å². The first-order valence-electron chi connectivity index (χ1n) is 5.71. The van der Waals surface area contributed by atoms with Gasteiger partial charge in [-0.15, -0.1) is 0 Å². The van der Waals surface area contributed by atoms with E-state index in [1.165, 1.54) is 0 Å². The van der Waals surface area contributed by atoms with Crippen LogP contribution in [0.4, 0.5) is 0 Å². The maximum Gasteiger partial charge on any atom is 0.0589 e. The smallest absolute Gasteiger partial charge is 0.0589 e. The number of hydrogen-bond acceptors (Lipinski definition) is 4. The summed E-state index contributed by atoms with van der Waals surface area (Å²) in [6.07, 6.45) is 6.99. The van der Waals surface area contributed by atoms with E-state index in [-0.39, 0.29) is 6.04 Å². The molecule has 2 aromatic heterocycles. The summed E-state index contributed by atoms with van der Waals surface area (Å²) >= 11 is 0. The van der Waals surface area contributed by atoms with Gasteiger partial charge in [0.05, 0.1) is 12.2 Å². The molecule has 0 radical (unpaired) electrons. The van der Waals surface area contributed by atoms with Crippen LogP contribution in [-0.4, -0.2) is 15.2 Å². The minimum absolute atomic E-state index is 0.237. The highest BCUT2D eigenvalue weighted by atomic mass is 15.1. The third kappa shape index (κ3) is 1.83. The first kappa shape index (κ1) is 10.8. The van der Waals surface area contributed by atoms with Gasteiger partial charge in [0.2, 0.25) is 0 Å². The molecule has 0 aliphatic rings. The Balaban J connectivity index is 2.15. The van der Waals surface area contributed by atoms with Crippen molar-refractivity contribution < 1.29 is 0 Å². The quantitative estimate of drug-likeness (QED) is 0.739. The molecule has 2 N–H and O–H groups in total. The molecule has 0 fully saturated rings. The maximum absolute atomic E-state index is 6.27. The normalized spacial score (nSPS) is 12.5. The second-order valence-corrected chi connectivity index (χ2v) is 4.10. The van der Waals surface area contributed by atoms with Crippen molar-refractivity contribution in [3.05, 3.63) is 66.2 Å². The molecule has 88 valence electrons. The van der Waals surface area contributed by atoms with Crippen molar-refractivity contribution in [2.45, 2.75) is 6.04 Å². The molecule has 18 heavy (non-hydrogen) atoms. The van der Waals surface area contributed by atoms with E-state index in [1.807, 2.05) is 36.7 Å². The Labute approximate surface area is 105 Å². The third-order valence-electron chi connectivity index (χ3n) is 3.00. The lowest BCUT2D eigenvalue weighted by atomic mass is 9.98. The van der Waals surface area contributed by atoms with Crippen molar-refractivity contribution >= 4 is 10.8 Å². The molecule has 4 nitrogen and oxygen atoms in total. The number of nitrogens with two attached hydrogens (primary N) is 1. The van der Waals surface area contributed by atoms with Crippen LogP contribution in [0.2, 0.25) is 0 Å². The Morgan fingerprint density at radius 1 is 0.944 bits per heavy atom. The molecule has 3 aromatic rings. The highest BCUT2D eigenvalue weighted by molar-refractivity contribution is 5.85. The van der Waals surface area contributed by atoms with Gasteiger partial charge in [-0.25, -0.2) is 0 Å². The van der Waals surface area contributed by atoms with Gasteiger partial charge in [-0.1, -0.05) is 24.3 Å². The van der Waals surface area contributed by atoms with Gasteiger partial charge in [-0.05, 0) is 22.6 Å². The van der Waals surface area contributed by atoms with Crippen molar-refractivity contribution in [2.75, 3.05) is 0 Å². The van der Waals surface area contributed by atoms with E-state index < -0.39 is 0 Å². The minimum Gasteiger partial charge on any atom is -0.320 e. The topological polar surface area (TPSA) is 64.7 Å². The molecule has 2 heterocycles. The average molecular weight is 236 g/mol. The fourth-order valence-corrected chi connectivity index (χ4v) is 2.05. The molecular formula is C14H12N4. The minimum atomic E-state index is -0.237. The maximum atomic E-state index is 6.27. The van der Waals surface area contributed by atoms with Crippen molar-refractivity contribution in [1.29, 1.82) is 0 Å². The van der Waals surface area contributed by atoms with Gasteiger partial charge in [0.25, 0.3) is 0 Å². The molecule has 0 spiro atoms. The summed E-state index contributed by atoms with van der Waals surface area (Å²) in [5, 5.41) is 9.84. The molecule has 0 aliphatic carbocycles. The second-order valence-electron chi connectivity index (χ2n) is 4.10. The van der Waals surface area contributed by atoms with Gasteiger partial charge in [-0.2, -0.15) is 10.2 Å². The lowest BCUT2D eigenvalue weighted by Crippen LogP contribution is -2.13. The zero-order chi connectivity index (χ0) is 12.4. The Morgan fingerprint density at radius 2 is 1.83 bits per heavy atom. The molecular weight excluding hydrogens is 224 g/mol. The summed E-state index contributed by atoms with van der Waals surface area (Å²) in [6.45, 7) is 0. The SMILES string of the molecule is NC(c1ccnnc1)c1cncc2ccccc12. The van der Waals surface area contributed by atoms with Crippen molar-refractivity contribution in [2.24, 2.45) is 5.73 Å². The van der Waals surface area contributed by atoms with Crippen molar-refractivity contribution in [3.63, 3.8) is 0 Å². The molecule has 0 saturated carbocycles. The van der Waals surface area contributed by atoms with E-state index in [0.29, 0.717) is 0 Å². The lowest BCUT2D eigenvalue weighted by Gasteiger charge is -2.13. The largest absolute Gasteiger partial charge is 0.320 e. The van der Waals surface area contributed by atoms with E-state index in [9.17, 15) is 0 Å². The van der Waals surface area contributed by atoms with Crippen LogP contribution in [0.25, 0.3) is 10.8 Å². The van der Waals surface area contributed by atoms with E-state index in [4.69, 9.17) is 5.73 Å². The molecule has 0 bridgehead atoms. The molecule has 0 saturated heterocycles. The lowest BCUT2D eigenvalue weighted by molar-refractivity contribution is 0.848. The number of nitrogens with zero attached hydrogens (tertiary/aromatic N) is 3. The summed E-state index contributed by atoms with van der Waals surface area (Å²) in [6, 6.07) is 9.72. The van der Waals surface area contributed by atoms with E-state index >= 15 is 0 Å². The summed E-state index contributed by atoms with van der Waals surface area (Å²) in [5.74, 6) is 0. The van der Waals surface area contributed by atoms with Gasteiger partial charge in [-0.3, -0.25) is 4.98 Å². The summed E-state index contributed by atoms with van der Waals surface area (Å²) in [4.78, 5) is 4.24. The number of rotatable bonds is 2. The Bertz CT molecular complexity index is 661. The summed E-state index contributed by atoms with van der Waals surface area (Å²) in [7, 11) is 0. The standard InChI is InChI=1S/C14H12N4/c15-14(11-5-6-17-18-8-11)13-9-16-7-10-3-1-2-4-12(10)13/h1-9,14H,15H2. The van der Waals surface area contributed by atoms with Crippen LogP contribution < -0.4 is 5.73 Å². The Kier molecular flexibility index (Phi) is 2.70. The molecule has 1 atom stereocenters. The van der Waals surface area contributed by atoms with Crippen molar-refractivity contribution in [3.8, 4) is 0 Å². The van der Waals surface area contributed by atoms with Crippen molar-refractivity contribution in [1.82, 2.24) is 15.2 Å². The molecule has 0 aliphatic heterocycles. The van der Waals surface area contributed by atoms with Gasteiger partial charge in [0.15, 0.2) is 0 Å². The first-order chi connectivity index (χ1) is 8.86. The number of hydrogen-bond donors (Lipinski definition) is 1. The molecule has 3 rings (SSSR count). The number of pyridine rings is 1. The predicted molar refractivity (Wildman–Crippen MR) is 69.8 cm³/mol.